The molecule has 0 saturated heterocycles. The second-order valence-corrected chi connectivity index (χ2v) is 5.50. The Hall–Kier alpha value is -3.47. The van der Waals surface area contributed by atoms with Gasteiger partial charge in [0.25, 0.3) is 0 Å². The van der Waals surface area contributed by atoms with E-state index in [2.05, 4.69) is 15.1 Å². The number of benzene rings is 1. The zero-order valence-electron chi connectivity index (χ0n) is 13.6. The maximum Gasteiger partial charge on any atom is 0.416 e. The lowest BCUT2D eigenvalue weighted by Crippen LogP contribution is -2.05. The Balaban J connectivity index is 1.97. The molecule has 0 amide bonds. The van der Waals surface area contributed by atoms with Crippen molar-refractivity contribution in [2.75, 3.05) is 0 Å². The first-order chi connectivity index (χ1) is 12.4. The van der Waals surface area contributed by atoms with Gasteiger partial charge in [0, 0.05) is 11.8 Å². The van der Waals surface area contributed by atoms with E-state index in [0.29, 0.717) is 11.3 Å². The molecule has 130 valence electrons. The monoisotopic (exact) mass is 355 g/mol. The van der Waals surface area contributed by atoms with Crippen LogP contribution >= 0.6 is 0 Å². The molecule has 0 unspecified atom stereocenters. The van der Waals surface area contributed by atoms with E-state index in [0.717, 1.165) is 12.1 Å². The summed E-state index contributed by atoms with van der Waals surface area (Å²) in [5.74, 6) is 0.133. The Labute approximate surface area is 147 Å². The molecule has 0 aliphatic carbocycles. The summed E-state index contributed by atoms with van der Waals surface area (Å²) in [6.45, 7) is 1.57. The summed E-state index contributed by atoms with van der Waals surface area (Å²) in [6.07, 6.45) is -0.153. The van der Waals surface area contributed by atoms with Crippen LogP contribution in [0, 0.1) is 18.3 Å². The van der Waals surface area contributed by atoms with Crippen LogP contribution in [0.4, 0.5) is 13.2 Å². The molecule has 0 atom stereocenters. The number of rotatable bonds is 3. The van der Waals surface area contributed by atoms with E-state index in [-0.39, 0.29) is 17.0 Å². The van der Waals surface area contributed by atoms with Crippen molar-refractivity contribution in [3.8, 4) is 17.5 Å². The van der Waals surface area contributed by atoms with Gasteiger partial charge in [0.15, 0.2) is 5.82 Å². The van der Waals surface area contributed by atoms with Crippen LogP contribution in [0.5, 0.6) is 0 Å². The first-order valence-corrected chi connectivity index (χ1v) is 7.50. The lowest BCUT2D eigenvalue weighted by atomic mass is 10.1. The number of nitrogens with zero attached hydrogens (tertiary/aromatic N) is 5. The van der Waals surface area contributed by atoms with Crippen LogP contribution < -0.4 is 0 Å². The molecule has 5 nitrogen and oxygen atoms in total. The van der Waals surface area contributed by atoms with Gasteiger partial charge < -0.3 is 0 Å². The van der Waals surface area contributed by atoms with E-state index in [9.17, 15) is 18.4 Å². The maximum atomic E-state index is 13.0. The number of halogens is 3. The maximum absolute atomic E-state index is 13.0. The smallest absolute Gasteiger partial charge is 0.255 e. The standard InChI is InChI=1S/C18H12F3N5/c1-12-6-13(8-15(7-12)18(19,20)21)17-24-11-26(25-17)10-14(9-22)16-4-2-3-5-23-16/h2-8,10-11H,1H3. The van der Waals surface area contributed by atoms with Crippen LogP contribution in [0.3, 0.4) is 0 Å². The lowest BCUT2D eigenvalue weighted by molar-refractivity contribution is -0.137. The number of aromatic nitrogens is 4. The summed E-state index contributed by atoms with van der Waals surface area (Å²) in [6, 6.07) is 10.8. The Morgan fingerprint density at radius 2 is 2.00 bits per heavy atom. The fourth-order valence-electron chi connectivity index (χ4n) is 2.35. The Morgan fingerprint density at radius 1 is 1.19 bits per heavy atom. The molecule has 1 aromatic carbocycles. The fourth-order valence-corrected chi connectivity index (χ4v) is 2.35. The van der Waals surface area contributed by atoms with E-state index >= 15 is 0 Å². The van der Waals surface area contributed by atoms with E-state index in [1.807, 2.05) is 6.07 Å². The van der Waals surface area contributed by atoms with Crippen molar-refractivity contribution < 1.29 is 13.2 Å². The van der Waals surface area contributed by atoms with E-state index in [1.54, 1.807) is 37.4 Å². The first kappa shape index (κ1) is 17.4. The second-order valence-electron chi connectivity index (χ2n) is 5.50. The topological polar surface area (TPSA) is 67.4 Å². The SMILES string of the molecule is Cc1cc(-c2ncn(C=C(C#N)c3ccccn3)n2)cc(C(F)(F)F)c1. The van der Waals surface area contributed by atoms with Gasteiger partial charge in [-0.05, 0) is 42.8 Å². The van der Waals surface area contributed by atoms with Gasteiger partial charge in [-0.3, -0.25) is 4.98 Å². The van der Waals surface area contributed by atoms with Gasteiger partial charge in [0.05, 0.1) is 23.0 Å². The first-order valence-electron chi connectivity index (χ1n) is 7.50. The molecule has 0 aliphatic heterocycles. The highest BCUT2D eigenvalue weighted by Crippen LogP contribution is 2.32. The molecule has 26 heavy (non-hydrogen) atoms. The average molecular weight is 355 g/mol. The van der Waals surface area contributed by atoms with Crippen molar-refractivity contribution in [3.63, 3.8) is 0 Å². The van der Waals surface area contributed by atoms with Crippen LogP contribution in [0.2, 0.25) is 0 Å². The van der Waals surface area contributed by atoms with Gasteiger partial charge in [0.1, 0.15) is 12.4 Å². The van der Waals surface area contributed by atoms with E-state index in [4.69, 9.17) is 0 Å². The minimum absolute atomic E-state index is 0.133. The molecule has 0 radical (unpaired) electrons. The summed E-state index contributed by atoms with van der Waals surface area (Å²) < 4.78 is 40.2. The van der Waals surface area contributed by atoms with Crippen molar-refractivity contribution in [1.29, 1.82) is 5.26 Å². The van der Waals surface area contributed by atoms with Gasteiger partial charge in [-0.15, -0.1) is 5.10 Å². The minimum atomic E-state index is -4.45. The van der Waals surface area contributed by atoms with Crippen molar-refractivity contribution in [3.05, 3.63) is 65.7 Å². The zero-order valence-corrected chi connectivity index (χ0v) is 13.6. The van der Waals surface area contributed by atoms with Gasteiger partial charge in [0.2, 0.25) is 0 Å². The van der Waals surface area contributed by atoms with E-state index in [1.165, 1.54) is 17.2 Å². The van der Waals surface area contributed by atoms with Gasteiger partial charge in [-0.25, -0.2) is 9.67 Å². The molecular weight excluding hydrogens is 343 g/mol. The van der Waals surface area contributed by atoms with Crippen LogP contribution in [-0.2, 0) is 6.18 Å². The zero-order chi connectivity index (χ0) is 18.7. The molecule has 0 fully saturated rings. The largest absolute Gasteiger partial charge is 0.416 e. The normalized spacial score (nSPS) is 12.0. The molecule has 3 rings (SSSR count). The number of allylic oxidation sites excluding steroid dienone is 1. The van der Waals surface area contributed by atoms with E-state index < -0.39 is 11.7 Å². The highest BCUT2D eigenvalue weighted by Gasteiger charge is 2.31. The molecule has 0 saturated carbocycles. The van der Waals surface area contributed by atoms with Crippen LogP contribution in [0.1, 0.15) is 16.8 Å². The molecule has 0 spiro atoms. The molecule has 2 heterocycles. The number of hydrogen-bond acceptors (Lipinski definition) is 4. The number of aryl methyl sites for hydroxylation is 1. The quantitative estimate of drug-likeness (QED) is 0.661. The Kier molecular flexibility index (Phi) is 4.54. The predicted octanol–water partition coefficient (Wildman–Crippen LogP) is 4.19. The molecule has 8 heteroatoms. The number of nitriles is 1. The van der Waals surface area contributed by atoms with Gasteiger partial charge >= 0.3 is 6.18 Å². The van der Waals surface area contributed by atoms with Crippen molar-refractivity contribution in [2.24, 2.45) is 0 Å². The molecule has 0 N–H and O–H groups in total. The minimum Gasteiger partial charge on any atom is -0.255 e. The summed E-state index contributed by atoms with van der Waals surface area (Å²) in [5.41, 5.74) is 0.656. The summed E-state index contributed by atoms with van der Waals surface area (Å²) in [4.78, 5) is 8.13. The van der Waals surface area contributed by atoms with Crippen molar-refractivity contribution in [1.82, 2.24) is 19.7 Å². The van der Waals surface area contributed by atoms with Crippen molar-refractivity contribution in [2.45, 2.75) is 13.1 Å². The number of pyridine rings is 1. The van der Waals surface area contributed by atoms with Crippen LogP contribution in [-0.4, -0.2) is 19.7 Å². The molecular formula is C18H12F3N5. The molecule has 2 aromatic heterocycles. The third-order valence-electron chi connectivity index (χ3n) is 3.49. The molecule has 0 aliphatic rings. The Morgan fingerprint density at radius 3 is 2.65 bits per heavy atom. The van der Waals surface area contributed by atoms with Crippen molar-refractivity contribution >= 4 is 11.8 Å². The predicted molar refractivity (Wildman–Crippen MR) is 89.2 cm³/mol. The van der Waals surface area contributed by atoms with Gasteiger partial charge in [-0.1, -0.05) is 6.07 Å². The Bertz CT molecular complexity index is 998. The number of hydrogen-bond donors (Lipinski definition) is 0. The number of alkyl halides is 3. The van der Waals surface area contributed by atoms with Gasteiger partial charge in [-0.2, -0.15) is 18.4 Å². The molecule has 3 aromatic rings. The average Bonchev–Trinajstić information content (AvgIpc) is 3.08. The highest BCUT2D eigenvalue weighted by atomic mass is 19.4. The van der Waals surface area contributed by atoms with Crippen LogP contribution in [0.15, 0.2) is 48.9 Å². The fraction of sp³-hybridized carbons (Fsp3) is 0.111. The third-order valence-corrected chi connectivity index (χ3v) is 3.49. The summed E-state index contributed by atoms with van der Waals surface area (Å²) in [7, 11) is 0. The summed E-state index contributed by atoms with van der Waals surface area (Å²) >= 11 is 0. The van der Waals surface area contributed by atoms with Crippen LogP contribution in [0.25, 0.3) is 23.2 Å². The molecule has 0 bridgehead atoms. The second kappa shape index (κ2) is 6.80. The third kappa shape index (κ3) is 3.78. The lowest BCUT2D eigenvalue weighted by Gasteiger charge is -2.09. The highest BCUT2D eigenvalue weighted by molar-refractivity contribution is 5.83. The summed E-state index contributed by atoms with van der Waals surface area (Å²) in [5, 5.41) is 13.4.